The van der Waals surface area contributed by atoms with Gasteiger partial charge in [0.2, 0.25) is 0 Å². The Kier molecular flexibility index (Phi) is 4.51. The molecule has 1 atom stereocenters. The van der Waals surface area contributed by atoms with Gasteiger partial charge in [-0.15, -0.1) is 10.2 Å². The van der Waals surface area contributed by atoms with Crippen LogP contribution in [0.5, 0.6) is 0 Å². The minimum Gasteiger partial charge on any atom is -0.143 e. The molecule has 1 aromatic carbocycles. The molecule has 2 rings (SSSR count). The molecule has 0 N–H and O–H groups in total. The predicted molar refractivity (Wildman–Crippen MR) is 80.6 cm³/mol. The molecule has 0 saturated heterocycles. The molecule has 1 unspecified atom stereocenters. The van der Waals surface area contributed by atoms with E-state index in [1.807, 2.05) is 0 Å². The van der Waals surface area contributed by atoms with Gasteiger partial charge in [-0.3, -0.25) is 0 Å². The largest absolute Gasteiger partial charge is 0.143 e. The van der Waals surface area contributed by atoms with Crippen molar-refractivity contribution in [2.45, 2.75) is 38.4 Å². The number of nitrogens with zero attached hydrogens (tertiary/aromatic N) is 2. The van der Waals surface area contributed by atoms with Crippen molar-refractivity contribution in [1.82, 2.24) is 10.2 Å². The van der Waals surface area contributed by atoms with E-state index in [9.17, 15) is 0 Å². The van der Waals surface area contributed by atoms with Crippen LogP contribution in [0.25, 0.3) is 0 Å². The van der Waals surface area contributed by atoms with Crippen molar-refractivity contribution in [2.24, 2.45) is 0 Å². The monoisotopic (exact) mass is 324 g/mol. The molecule has 0 saturated carbocycles. The van der Waals surface area contributed by atoms with Crippen molar-refractivity contribution in [3.8, 4) is 0 Å². The first kappa shape index (κ1) is 13.7. The predicted octanol–water partition coefficient (Wildman–Crippen LogP) is 4.59. The Morgan fingerprint density at radius 3 is 2.67 bits per heavy atom. The van der Waals surface area contributed by atoms with Crippen LogP contribution in [0.15, 0.2) is 18.2 Å². The van der Waals surface area contributed by atoms with Gasteiger partial charge in [-0.2, -0.15) is 0 Å². The Morgan fingerprint density at radius 2 is 2.00 bits per heavy atom. The van der Waals surface area contributed by atoms with Crippen LogP contribution in [0.1, 0.15) is 44.9 Å². The Labute approximate surface area is 121 Å². The molecule has 0 spiro atoms. The van der Waals surface area contributed by atoms with Gasteiger partial charge >= 0.3 is 0 Å². The third-order valence-corrected chi connectivity index (χ3v) is 5.46. The molecule has 18 heavy (non-hydrogen) atoms. The molecule has 4 heteroatoms. The number of benzene rings is 1. The third kappa shape index (κ3) is 3.18. The smallest absolute Gasteiger partial charge is 0.131 e. The fraction of sp³-hybridized carbons (Fsp3) is 0.429. The molecule has 0 bridgehead atoms. The second-order valence-corrected chi connectivity index (χ2v) is 6.70. The fourth-order valence-corrected chi connectivity index (χ4v) is 3.04. The van der Waals surface area contributed by atoms with Crippen LogP contribution in [0.3, 0.4) is 0 Å². The average Bonchev–Trinajstić information content (AvgIpc) is 2.81. The van der Waals surface area contributed by atoms with E-state index in [0.29, 0.717) is 4.83 Å². The first-order chi connectivity index (χ1) is 8.60. The lowest BCUT2D eigenvalue weighted by Crippen LogP contribution is -1.90. The number of aryl methyl sites for hydroxylation is 2. The lowest BCUT2D eigenvalue weighted by atomic mass is 10.0. The molecular weight excluding hydrogens is 308 g/mol. The summed E-state index contributed by atoms with van der Waals surface area (Å²) in [5.74, 6) is 0. The Hall–Kier alpha value is -0.740. The normalized spacial score (nSPS) is 12.7. The van der Waals surface area contributed by atoms with Crippen LogP contribution in [0.4, 0.5) is 0 Å². The van der Waals surface area contributed by atoms with Crippen LogP contribution in [0.2, 0.25) is 0 Å². The summed E-state index contributed by atoms with van der Waals surface area (Å²) in [6.45, 7) is 6.43. The number of hydrogen-bond donors (Lipinski definition) is 0. The molecule has 0 radical (unpaired) electrons. The molecule has 0 amide bonds. The summed E-state index contributed by atoms with van der Waals surface area (Å²) >= 11 is 5.31. The maximum Gasteiger partial charge on any atom is 0.131 e. The first-order valence-electron chi connectivity index (χ1n) is 6.12. The summed E-state index contributed by atoms with van der Waals surface area (Å²) in [6, 6.07) is 6.59. The quantitative estimate of drug-likeness (QED) is 0.768. The fourth-order valence-electron chi connectivity index (χ4n) is 1.73. The van der Waals surface area contributed by atoms with Crippen LogP contribution in [-0.4, -0.2) is 10.2 Å². The lowest BCUT2D eigenvalue weighted by molar-refractivity contribution is 0.862. The van der Waals surface area contributed by atoms with E-state index in [4.69, 9.17) is 0 Å². The topological polar surface area (TPSA) is 25.8 Å². The van der Waals surface area contributed by atoms with Gasteiger partial charge in [-0.05, 0) is 37.0 Å². The zero-order chi connectivity index (χ0) is 13.1. The summed E-state index contributed by atoms with van der Waals surface area (Å²) in [5, 5.41) is 10.7. The zero-order valence-electron chi connectivity index (χ0n) is 10.9. The zero-order valence-corrected chi connectivity index (χ0v) is 13.3. The molecule has 1 heterocycles. The summed E-state index contributed by atoms with van der Waals surface area (Å²) in [6.07, 6.45) is 1.92. The van der Waals surface area contributed by atoms with Crippen molar-refractivity contribution in [1.29, 1.82) is 0 Å². The van der Waals surface area contributed by atoms with Gasteiger partial charge < -0.3 is 0 Å². The summed E-state index contributed by atoms with van der Waals surface area (Å²) in [4.78, 5) is 0.337. The van der Waals surface area contributed by atoms with E-state index in [-0.39, 0.29) is 0 Å². The van der Waals surface area contributed by atoms with Crippen LogP contribution >= 0.6 is 27.3 Å². The second-order valence-electron chi connectivity index (χ2n) is 4.51. The minimum absolute atomic E-state index is 0.337. The number of alkyl halides is 1. The maximum absolute atomic E-state index is 4.27. The average molecular weight is 325 g/mol. The van der Waals surface area contributed by atoms with Crippen molar-refractivity contribution >= 4 is 27.3 Å². The maximum atomic E-state index is 4.27. The Balaban J connectivity index is 2.13. The molecule has 0 fully saturated rings. The molecule has 2 aromatic rings. The summed E-state index contributed by atoms with van der Waals surface area (Å²) in [5.41, 5.74) is 3.98. The number of aromatic nitrogens is 2. The molecule has 0 aliphatic rings. The van der Waals surface area contributed by atoms with Gasteiger partial charge in [0.1, 0.15) is 10.0 Å². The van der Waals surface area contributed by atoms with Gasteiger partial charge in [-0.25, -0.2) is 0 Å². The van der Waals surface area contributed by atoms with Crippen molar-refractivity contribution < 1.29 is 0 Å². The Bertz CT molecular complexity index is 536. The van der Waals surface area contributed by atoms with Crippen molar-refractivity contribution in [3.05, 3.63) is 44.9 Å². The van der Waals surface area contributed by atoms with Gasteiger partial charge in [0, 0.05) is 6.42 Å². The van der Waals surface area contributed by atoms with Crippen LogP contribution in [0, 0.1) is 13.8 Å². The highest BCUT2D eigenvalue weighted by molar-refractivity contribution is 9.09. The minimum atomic E-state index is 0.337. The van der Waals surface area contributed by atoms with Gasteiger partial charge in [0.15, 0.2) is 0 Å². The third-order valence-electron chi connectivity index (χ3n) is 3.04. The molecule has 0 aliphatic carbocycles. The SMILES string of the molecule is CCC(Br)c1nnc(Cc2ccc(C)c(C)c2)s1. The van der Waals surface area contributed by atoms with E-state index in [2.05, 4.69) is 65.1 Å². The number of hydrogen-bond acceptors (Lipinski definition) is 3. The van der Waals surface area contributed by atoms with E-state index < -0.39 is 0 Å². The summed E-state index contributed by atoms with van der Waals surface area (Å²) in [7, 11) is 0. The van der Waals surface area contributed by atoms with Crippen LogP contribution in [-0.2, 0) is 6.42 Å². The van der Waals surface area contributed by atoms with Crippen LogP contribution < -0.4 is 0 Å². The molecular formula is C14H17BrN2S. The number of rotatable bonds is 4. The highest BCUT2D eigenvalue weighted by atomic mass is 79.9. The summed E-state index contributed by atoms with van der Waals surface area (Å²) < 4.78 is 0. The van der Waals surface area contributed by atoms with Crippen molar-refractivity contribution in [3.63, 3.8) is 0 Å². The second kappa shape index (κ2) is 5.93. The van der Waals surface area contributed by atoms with E-state index in [1.165, 1.54) is 16.7 Å². The molecule has 96 valence electrons. The standard InChI is InChI=1S/C14H17BrN2S/c1-4-12(15)14-17-16-13(18-14)8-11-6-5-9(2)10(3)7-11/h5-7,12H,4,8H2,1-3H3. The van der Waals surface area contributed by atoms with Gasteiger partial charge in [0.05, 0.1) is 4.83 Å². The number of halogens is 1. The van der Waals surface area contributed by atoms with E-state index in [0.717, 1.165) is 22.9 Å². The van der Waals surface area contributed by atoms with Gasteiger partial charge in [-0.1, -0.05) is 52.4 Å². The highest BCUT2D eigenvalue weighted by Gasteiger charge is 2.12. The van der Waals surface area contributed by atoms with E-state index in [1.54, 1.807) is 11.3 Å². The van der Waals surface area contributed by atoms with Gasteiger partial charge in [0.25, 0.3) is 0 Å². The van der Waals surface area contributed by atoms with Crippen molar-refractivity contribution in [2.75, 3.05) is 0 Å². The lowest BCUT2D eigenvalue weighted by Gasteiger charge is -2.03. The molecule has 0 aliphatic heterocycles. The Morgan fingerprint density at radius 1 is 1.22 bits per heavy atom. The first-order valence-corrected chi connectivity index (χ1v) is 7.86. The highest BCUT2D eigenvalue weighted by Crippen LogP contribution is 2.29. The van der Waals surface area contributed by atoms with E-state index >= 15 is 0 Å². The molecule has 2 nitrogen and oxygen atoms in total. The molecule has 1 aromatic heterocycles.